The second-order valence-corrected chi connectivity index (χ2v) is 7.19. The van der Waals surface area contributed by atoms with Crippen molar-refractivity contribution in [3.8, 4) is 0 Å². The Balaban J connectivity index is 1.53. The third-order valence-electron chi connectivity index (χ3n) is 5.37. The van der Waals surface area contributed by atoms with Crippen LogP contribution >= 0.6 is 0 Å². The van der Waals surface area contributed by atoms with Crippen molar-refractivity contribution in [3.63, 3.8) is 0 Å². The molecule has 0 N–H and O–H groups in total. The molecule has 2 aromatic rings. The molecule has 0 radical (unpaired) electrons. The maximum atomic E-state index is 14.7. The van der Waals surface area contributed by atoms with Crippen molar-refractivity contribution in [3.05, 3.63) is 95.3 Å². The summed E-state index contributed by atoms with van der Waals surface area (Å²) in [4.78, 5) is 0. The van der Waals surface area contributed by atoms with E-state index in [0.29, 0.717) is 31.6 Å². The highest BCUT2D eigenvalue weighted by atomic mass is 19.2. The molecule has 1 fully saturated rings. The van der Waals surface area contributed by atoms with Gasteiger partial charge in [0.15, 0.2) is 17.9 Å². The van der Waals surface area contributed by atoms with Crippen LogP contribution in [0.25, 0.3) is 11.1 Å². The third-order valence-corrected chi connectivity index (χ3v) is 5.37. The first-order chi connectivity index (χ1) is 14.1. The fourth-order valence-corrected chi connectivity index (χ4v) is 3.75. The van der Waals surface area contributed by atoms with Crippen LogP contribution in [-0.4, -0.2) is 19.5 Å². The van der Waals surface area contributed by atoms with E-state index in [1.165, 1.54) is 12.1 Å². The Kier molecular flexibility index (Phi) is 5.69. The summed E-state index contributed by atoms with van der Waals surface area (Å²) in [7, 11) is 0. The Hall–Kier alpha value is -2.63. The van der Waals surface area contributed by atoms with Crippen molar-refractivity contribution in [1.29, 1.82) is 0 Å². The molecule has 150 valence electrons. The van der Waals surface area contributed by atoms with Gasteiger partial charge < -0.3 is 9.47 Å². The largest absolute Gasteiger partial charge is 0.348 e. The highest BCUT2D eigenvalue weighted by Gasteiger charge is 2.24. The van der Waals surface area contributed by atoms with E-state index in [4.69, 9.17) is 9.47 Å². The lowest BCUT2D eigenvalue weighted by atomic mass is 9.88. The monoisotopic (exact) mass is 398 g/mol. The molecule has 0 aromatic heterocycles. The molecule has 0 bridgehead atoms. The molecule has 1 saturated heterocycles. The minimum absolute atomic E-state index is 0.164. The molecule has 0 atom stereocenters. The first-order valence-electron chi connectivity index (χ1n) is 9.56. The maximum absolute atomic E-state index is 14.7. The molecule has 4 rings (SSSR count). The van der Waals surface area contributed by atoms with Gasteiger partial charge in [-0.15, -0.1) is 0 Å². The zero-order chi connectivity index (χ0) is 20.4. The summed E-state index contributed by atoms with van der Waals surface area (Å²) in [6, 6.07) is 9.34. The normalized spacial score (nSPS) is 22.0. The lowest BCUT2D eigenvalue weighted by Gasteiger charge is -2.28. The van der Waals surface area contributed by atoms with Gasteiger partial charge in [-0.25, -0.2) is 13.2 Å². The smallest absolute Gasteiger partial charge is 0.176 e. The summed E-state index contributed by atoms with van der Waals surface area (Å²) < 4.78 is 53.2. The van der Waals surface area contributed by atoms with Gasteiger partial charge in [0.25, 0.3) is 0 Å². The Morgan fingerprint density at radius 1 is 0.897 bits per heavy atom. The number of halogens is 3. The van der Waals surface area contributed by atoms with Crippen molar-refractivity contribution in [1.82, 2.24) is 0 Å². The molecule has 29 heavy (non-hydrogen) atoms. The Morgan fingerprint density at radius 2 is 1.62 bits per heavy atom. The van der Waals surface area contributed by atoms with Gasteiger partial charge in [-0.3, -0.25) is 0 Å². The molecule has 0 saturated carbocycles. The fourth-order valence-electron chi connectivity index (χ4n) is 3.75. The van der Waals surface area contributed by atoms with Gasteiger partial charge in [-0.05, 0) is 53.3 Å². The van der Waals surface area contributed by atoms with Crippen LogP contribution in [0.3, 0.4) is 0 Å². The fraction of sp³-hybridized carbons (Fsp3) is 0.250. The van der Waals surface area contributed by atoms with E-state index in [2.05, 4.69) is 6.58 Å². The van der Waals surface area contributed by atoms with Gasteiger partial charge >= 0.3 is 0 Å². The van der Waals surface area contributed by atoms with Gasteiger partial charge in [0, 0.05) is 11.5 Å². The minimum atomic E-state index is -0.856. The third kappa shape index (κ3) is 4.07. The van der Waals surface area contributed by atoms with Gasteiger partial charge in [-0.2, -0.15) is 0 Å². The molecule has 0 amide bonds. The molecular formula is C24H21F3O2. The number of rotatable bonds is 4. The molecule has 2 aromatic carbocycles. The van der Waals surface area contributed by atoms with Crippen LogP contribution in [0.4, 0.5) is 13.2 Å². The van der Waals surface area contributed by atoms with E-state index in [-0.39, 0.29) is 17.3 Å². The van der Waals surface area contributed by atoms with E-state index < -0.39 is 17.9 Å². The van der Waals surface area contributed by atoms with Crippen LogP contribution in [0.5, 0.6) is 0 Å². The van der Waals surface area contributed by atoms with Crippen LogP contribution in [0.1, 0.15) is 35.4 Å². The molecule has 1 aliphatic heterocycles. The highest BCUT2D eigenvalue weighted by Crippen LogP contribution is 2.34. The summed E-state index contributed by atoms with van der Waals surface area (Å²) in [5, 5.41) is 0. The van der Waals surface area contributed by atoms with Crippen molar-refractivity contribution in [2.24, 2.45) is 0 Å². The van der Waals surface area contributed by atoms with Crippen molar-refractivity contribution >= 4 is 11.1 Å². The van der Waals surface area contributed by atoms with E-state index in [1.54, 1.807) is 24.3 Å². The van der Waals surface area contributed by atoms with E-state index in [9.17, 15) is 13.2 Å². The Labute approximate surface area is 168 Å². The summed E-state index contributed by atoms with van der Waals surface area (Å²) >= 11 is 0. The average molecular weight is 398 g/mol. The van der Waals surface area contributed by atoms with Gasteiger partial charge in [0.2, 0.25) is 0 Å². The van der Waals surface area contributed by atoms with Gasteiger partial charge in [0.1, 0.15) is 5.82 Å². The van der Waals surface area contributed by atoms with E-state index in [0.717, 1.165) is 22.8 Å². The van der Waals surface area contributed by atoms with E-state index in [1.807, 2.05) is 12.1 Å². The SMILES string of the molecule is C=CC1OCC(c2ccc(C3=CC=C(c4cccc(F)c4F)CC3)cc2F)CO1. The molecule has 1 heterocycles. The molecule has 0 unspecified atom stereocenters. The quantitative estimate of drug-likeness (QED) is 0.588. The lowest BCUT2D eigenvalue weighted by Crippen LogP contribution is -2.29. The molecule has 2 aliphatic rings. The average Bonchev–Trinajstić information content (AvgIpc) is 2.76. The molecular weight excluding hydrogens is 377 g/mol. The Bertz CT molecular complexity index is 986. The second kappa shape index (κ2) is 8.39. The first-order valence-corrected chi connectivity index (χ1v) is 9.56. The number of hydrogen-bond acceptors (Lipinski definition) is 2. The number of ether oxygens (including phenoxy) is 2. The summed E-state index contributed by atoms with van der Waals surface area (Å²) in [5.74, 6) is -2.15. The number of benzene rings is 2. The predicted molar refractivity (Wildman–Crippen MR) is 107 cm³/mol. The van der Waals surface area contributed by atoms with Crippen LogP contribution in [0.2, 0.25) is 0 Å². The zero-order valence-corrected chi connectivity index (χ0v) is 15.8. The summed E-state index contributed by atoms with van der Waals surface area (Å²) in [6.45, 7) is 4.37. The van der Waals surface area contributed by atoms with Gasteiger partial charge in [-0.1, -0.05) is 43.0 Å². The molecule has 2 nitrogen and oxygen atoms in total. The van der Waals surface area contributed by atoms with Crippen molar-refractivity contribution < 1.29 is 22.6 Å². The van der Waals surface area contributed by atoms with Crippen LogP contribution < -0.4 is 0 Å². The molecule has 0 spiro atoms. The standard InChI is InChI=1S/C24H21F3O2/c1-2-23-28-13-18(14-29-23)19-11-10-17(12-22(19)26)15-6-8-16(9-7-15)20-4-3-5-21(25)24(20)27/h2-6,8,10-12,18,23H,1,7,9,13-14H2. The Morgan fingerprint density at radius 3 is 2.28 bits per heavy atom. The summed E-state index contributed by atoms with van der Waals surface area (Å²) in [6.07, 6.45) is 5.94. The number of allylic oxidation sites excluding steroid dienone is 4. The highest BCUT2D eigenvalue weighted by molar-refractivity contribution is 5.78. The zero-order valence-electron chi connectivity index (χ0n) is 15.8. The number of hydrogen-bond donors (Lipinski definition) is 0. The topological polar surface area (TPSA) is 18.5 Å². The summed E-state index contributed by atoms with van der Waals surface area (Å²) in [5.41, 5.74) is 3.31. The van der Waals surface area contributed by atoms with Crippen molar-refractivity contribution in [2.75, 3.05) is 13.2 Å². The lowest BCUT2D eigenvalue weighted by molar-refractivity contribution is -0.159. The second-order valence-electron chi connectivity index (χ2n) is 7.19. The van der Waals surface area contributed by atoms with Crippen LogP contribution in [0, 0.1) is 17.5 Å². The van der Waals surface area contributed by atoms with E-state index >= 15 is 0 Å². The predicted octanol–water partition coefficient (Wildman–Crippen LogP) is 6.01. The van der Waals surface area contributed by atoms with Gasteiger partial charge in [0.05, 0.1) is 13.2 Å². The molecule has 1 aliphatic carbocycles. The van der Waals surface area contributed by atoms with Crippen LogP contribution in [0.15, 0.2) is 61.2 Å². The first kappa shape index (κ1) is 19.7. The van der Waals surface area contributed by atoms with Crippen LogP contribution in [-0.2, 0) is 9.47 Å². The molecule has 5 heteroatoms. The minimum Gasteiger partial charge on any atom is -0.348 e. The van der Waals surface area contributed by atoms with Crippen molar-refractivity contribution in [2.45, 2.75) is 25.0 Å². The maximum Gasteiger partial charge on any atom is 0.176 e.